The van der Waals surface area contributed by atoms with Crippen LogP contribution in [0.3, 0.4) is 0 Å². The van der Waals surface area contributed by atoms with Crippen LogP contribution in [0.1, 0.15) is 55.5 Å². The molecule has 1 aromatic rings. The number of hydrogen-bond acceptors (Lipinski definition) is 5. The van der Waals surface area contributed by atoms with Crippen molar-refractivity contribution < 1.29 is 22.8 Å². The molecule has 6 nitrogen and oxygen atoms in total. The number of likely N-dealkylation sites (tertiary alicyclic amines) is 1. The second-order valence-electron chi connectivity index (χ2n) is 8.02. The van der Waals surface area contributed by atoms with Crippen LogP contribution in [0.25, 0.3) is 0 Å². The molecule has 0 aromatic carbocycles. The summed E-state index contributed by atoms with van der Waals surface area (Å²) in [5.41, 5.74) is 0.191. The molecule has 1 unspecified atom stereocenters. The first-order valence-corrected chi connectivity index (χ1v) is 10.2. The molecule has 1 saturated heterocycles. The van der Waals surface area contributed by atoms with Crippen LogP contribution >= 0.6 is 0 Å². The summed E-state index contributed by atoms with van der Waals surface area (Å²) in [7, 11) is 0. The van der Waals surface area contributed by atoms with Gasteiger partial charge in [0.2, 0.25) is 0 Å². The fourth-order valence-corrected chi connectivity index (χ4v) is 3.79. The monoisotopic (exact) mass is 420 g/mol. The number of nitrogens with zero attached hydrogens (tertiary/aromatic N) is 3. The van der Waals surface area contributed by atoms with Crippen molar-refractivity contribution >= 4 is 11.7 Å². The van der Waals surface area contributed by atoms with Crippen molar-refractivity contribution in [2.45, 2.75) is 50.0 Å². The maximum atomic E-state index is 14.0. The zero-order valence-electron chi connectivity index (χ0n) is 16.4. The SMILES string of the molecule is O=C1CC=CC(F)=C1C(=O)NCC(c1cnc(C2CC2)nc1)N1CCC(F)(F)CC1. The summed E-state index contributed by atoms with van der Waals surface area (Å²) in [5, 5.41) is 2.60. The zero-order chi connectivity index (χ0) is 21.3. The smallest absolute Gasteiger partial charge is 0.257 e. The zero-order valence-corrected chi connectivity index (χ0v) is 16.4. The van der Waals surface area contributed by atoms with E-state index in [2.05, 4.69) is 15.3 Å². The molecular weight excluding hydrogens is 397 g/mol. The van der Waals surface area contributed by atoms with Crippen LogP contribution in [0.15, 0.2) is 35.9 Å². The van der Waals surface area contributed by atoms with Crippen molar-refractivity contribution in [1.82, 2.24) is 20.2 Å². The lowest BCUT2D eigenvalue weighted by atomic mass is 10.00. The van der Waals surface area contributed by atoms with Crippen LogP contribution in [0.5, 0.6) is 0 Å². The molecule has 0 bridgehead atoms. The lowest BCUT2D eigenvalue weighted by Gasteiger charge is -2.37. The van der Waals surface area contributed by atoms with Crippen molar-refractivity contribution in [3.05, 3.63) is 47.3 Å². The third kappa shape index (κ3) is 4.61. The third-order valence-corrected chi connectivity index (χ3v) is 5.76. The van der Waals surface area contributed by atoms with Gasteiger partial charge in [0.25, 0.3) is 11.8 Å². The molecule has 1 amide bonds. The van der Waals surface area contributed by atoms with Gasteiger partial charge in [-0.2, -0.15) is 0 Å². The number of halogens is 3. The van der Waals surface area contributed by atoms with E-state index >= 15 is 0 Å². The van der Waals surface area contributed by atoms with E-state index in [1.807, 2.05) is 4.90 Å². The first-order chi connectivity index (χ1) is 14.3. The number of amides is 1. The highest BCUT2D eigenvalue weighted by Crippen LogP contribution is 2.38. The molecule has 2 fully saturated rings. The van der Waals surface area contributed by atoms with Gasteiger partial charge >= 0.3 is 0 Å². The average molecular weight is 420 g/mol. The van der Waals surface area contributed by atoms with Crippen LogP contribution in [0.4, 0.5) is 13.2 Å². The molecule has 1 saturated carbocycles. The molecule has 4 rings (SSSR count). The Labute approximate surface area is 172 Å². The van der Waals surface area contributed by atoms with Crippen LogP contribution in [0.2, 0.25) is 0 Å². The van der Waals surface area contributed by atoms with Gasteiger partial charge in [0.05, 0.1) is 6.04 Å². The van der Waals surface area contributed by atoms with Crippen molar-refractivity contribution in [1.29, 1.82) is 0 Å². The van der Waals surface area contributed by atoms with Gasteiger partial charge in [-0.25, -0.2) is 23.1 Å². The Balaban J connectivity index is 1.50. The first-order valence-electron chi connectivity index (χ1n) is 10.2. The third-order valence-electron chi connectivity index (χ3n) is 5.76. The number of aromatic nitrogens is 2. The Hall–Kier alpha value is -2.55. The molecule has 1 atom stereocenters. The fourth-order valence-electron chi connectivity index (χ4n) is 3.79. The van der Waals surface area contributed by atoms with Crippen LogP contribution in [-0.2, 0) is 9.59 Å². The molecule has 0 spiro atoms. The summed E-state index contributed by atoms with van der Waals surface area (Å²) < 4.78 is 41.2. The van der Waals surface area contributed by atoms with Crippen LogP contribution in [-0.4, -0.2) is 52.1 Å². The quantitative estimate of drug-likeness (QED) is 0.717. The van der Waals surface area contributed by atoms with Gasteiger partial charge in [-0.1, -0.05) is 6.08 Å². The number of carbonyl (C=O) groups excluding carboxylic acids is 2. The van der Waals surface area contributed by atoms with Gasteiger partial charge in [-0.3, -0.25) is 14.5 Å². The van der Waals surface area contributed by atoms with E-state index in [0.29, 0.717) is 11.5 Å². The number of rotatable bonds is 6. The number of nitrogens with one attached hydrogen (secondary N) is 1. The topological polar surface area (TPSA) is 75.2 Å². The Morgan fingerprint density at radius 2 is 1.90 bits per heavy atom. The van der Waals surface area contributed by atoms with Crippen molar-refractivity contribution in [2.24, 2.45) is 0 Å². The molecule has 0 radical (unpaired) electrons. The molecule has 2 aliphatic carbocycles. The normalized spacial score (nSPS) is 22.8. The summed E-state index contributed by atoms with van der Waals surface area (Å²) >= 11 is 0. The van der Waals surface area contributed by atoms with Crippen LogP contribution in [0, 0.1) is 0 Å². The predicted molar refractivity (Wildman–Crippen MR) is 102 cm³/mol. The van der Waals surface area contributed by atoms with E-state index in [0.717, 1.165) is 24.7 Å². The van der Waals surface area contributed by atoms with E-state index in [-0.39, 0.29) is 38.9 Å². The lowest BCUT2D eigenvalue weighted by Crippen LogP contribution is -2.45. The Morgan fingerprint density at radius 1 is 1.23 bits per heavy atom. The first kappa shape index (κ1) is 20.7. The fraction of sp³-hybridized carbons (Fsp3) is 0.524. The molecule has 9 heteroatoms. The van der Waals surface area contributed by atoms with Crippen molar-refractivity contribution in [2.75, 3.05) is 19.6 Å². The minimum absolute atomic E-state index is 0.0305. The molecule has 160 valence electrons. The lowest BCUT2D eigenvalue weighted by molar-refractivity contribution is -0.122. The molecular formula is C21H23F3N4O2. The molecule has 1 aliphatic heterocycles. The van der Waals surface area contributed by atoms with E-state index in [1.165, 1.54) is 6.08 Å². The van der Waals surface area contributed by atoms with Gasteiger partial charge < -0.3 is 5.32 Å². The van der Waals surface area contributed by atoms with Crippen molar-refractivity contribution in [3.8, 4) is 0 Å². The summed E-state index contributed by atoms with van der Waals surface area (Å²) in [6, 6.07) is -0.448. The highest BCUT2D eigenvalue weighted by molar-refractivity contribution is 6.20. The van der Waals surface area contributed by atoms with E-state index < -0.39 is 35.1 Å². The average Bonchev–Trinajstić information content (AvgIpc) is 3.55. The molecule has 1 N–H and O–H groups in total. The minimum Gasteiger partial charge on any atom is -0.350 e. The standard InChI is InChI=1S/C21H23F3N4O2/c22-15-2-1-3-17(29)18(15)20(30)27-12-16(28-8-6-21(23,24)7-9-28)14-10-25-19(26-11-14)13-4-5-13/h1-2,10-11,13,16H,3-9,12H2,(H,27,30). The highest BCUT2D eigenvalue weighted by Gasteiger charge is 2.37. The summed E-state index contributed by atoms with van der Waals surface area (Å²) in [6.07, 6.45) is 7.33. The Kier molecular flexibility index (Phi) is 5.73. The van der Waals surface area contributed by atoms with Gasteiger partial charge in [-0.15, -0.1) is 0 Å². The Bertz CT molecular complexity index is 884. The van der Waals surface area contributed by atoms with Crippen LogP contribution < -0.4 is 5.32 Å². The maximum absolute atomic E-state index is 14.0. The van der Waals surface area contributed by atoms with Gasteiger partial charge in [-0.05, 0) is 18.9 Å². The number of Topliss-reactive ketones (excluding diaryl/α,β-unsaturated/α-hetero) is 1. The number of alkyl halides is 2. The number of ketones is 1. The van der Waals surface area contributed by atoms with Gasteiger partial charge in [0, 0.05) is 62.8 Å². The molecule has 1 aromatic heterocycles. The van der Waals surface area contributed by atoms with Gasteiger partial charge in [0.1, 0.15) is 17.2 Å². The maximum Gasteiger partial charge on any atom is 0.257 e. The summed E-state index contributed by atoms with van der Waals surface area (Å²) in [4.78, 5) is 35.0. The number of allylic oxidation sites excluding steroid dienone is 3. The molecule has 3 aliphatic rings. The second kappa shape index (κ2) is 8.29. The molecule has 2 heterocycles. The highest BCUT2D eigenvalue weighted by atomic mass is 19.3. The van der Waals surface area contributed by atoms with Gasteiger partial charge in [0.15, 0.2) is 5.78 Å². The van der Waals surface area contributed by atoms with E-state index in [1.54, 1.807) is 12.4 Å². The van der Waals surface area contributed by atoms with E-state index in [4.69, 9.17) is 0 Å². The molecule has 30 heavy (non-hydrogen) atoms. The van der Waals surface area contributed by atoms with E-state index in [9.17, 15) is 22.8 Å². The number of hydrogen-bond donors (Lipinski definition) is 1. The minimum atomic E-state index is -2.70. The summed E-state index contributed by atoms with van der Waals surface area (Å²) in [5.74, 6) is -3.81. The largest absolute Gasteiger partial charge is 0.350 e. The summed E-state index contributed by atoms with van der Waals surface area (Å²) in [6.45, 7) is 0.331. The Morgan fingerprint density at radius 3 is 2.50 bits per heavy atom. The number of carbonyl (C=O) groups is 2. The predicted octanol–water partition coefficient (Wildman–Crippen LogP) is 3.00. The second-order valence-corrected chi connectivity index (χ2v) is 8.02. The van der Waals surface area contributed by atoms with Crippen molar-refractivity contribution in [3.63, 3.8) is 0 Å². The number of piperidine rings is 1.